The van der Waals surface area contributed by atoms with Crippen molar-refractivity contribution in [1.82, 2.24) is 19.5 Å². The van der Waals surface area contributed by atoms with E-state index in [1.807, 2.05) is 79.7 Å². The Labute approximate surface area is 449 Å². The summed E-state index contributed by atoms with van der Waals surface area (Å²) in [7, 11) is 0. The van der Waals surface area contributed by atoms with Crippen molar-refractivity contribution < 1.29 is 0 Å². The molecular formula is C71H67N5. The largest absolute Gasteiger partial charge is 0.314 e. The Balaban J connectivity index is 0.000000787. The first-order chi connectivity index (χ1) is 37.7. The molecular weight excluding hydrogens is 923 g/mol. The van der Waals surface area contributed by atoms with Crippen molar-refractivity contribution in [2.75, 3.05) is 4.90 Å². The summed E-state index contributed by atoms with van der Waals surface area (Å²) in [6.07, 6.45) is 18.3. The molecule has 0 spiro atoms. The summed E-state index contributed by atoms with van der Waals surface area (Å²) in [5.41, 5.74) is 16.8. The minimum Gasteiger partial charge on any atom is -0.314 e. The van der Waals surface area contributed by atoms with Crippen LogP contribution >= 0.6 is 0 Å². The van der Waals surface area contributed by atoms with Gasteiger partial charge in [0.05, 0.1) is 22.6 Å². The topological polar surface area (TPSA) is 46.8 Å². The molecule has 0 N–H and O–H groups in total. The van der Waals surface area contributed by atoms with E-state index in [9.17, 15) is 0 Å². The average molecular weight is 990 g/mol. The molecule has 0 saturated heterocycles. The van der Waals surface area contributed by atoms with E-state index in [0.717, 1.165) is 51.6 Å². The first-order valence-corrected chi connectivity index (χ1v) is 27.6. The predicted molar refractivity (Wildman–Crippen MR) is 325 cm³/mol. The zero-order valence-electron chi connectivity index (χ0n) is 45.2. The molecule has 5 nitrogen and oxygen atoms in total. The number of hydrogen-bond acceptors (Lipinski definition) is 4. The molecule has 4 aliphatic rings. The molecule has 0 saturated carbocycles. The minimum atomic E-state index is 0.213. The third kappa shape index (κ3) is 9.21. The molecule has 376 valence electrons. The lowest BCUT2D eigenvalue weighted by atomic mass is 9.84. The van der Waals surface area contributed by atoms with E-state index in [1.54, 1.807) is 0 Å². The Morgan fingerprint density at radius 1 is 0.461 bits per heavy atom. The average Bonchev–Trinajstić information content (AvgIpc) is 4.10. The third-order valence-corrected chi connectivity index (χ3v) is 14.5. The van der Waals surface area contributed by atoms with Gasteiger partial charge in [-0.1, -0.05) is 243 Å². The Bertz CT molecular complexity index is 3850. The van der Waals surface area contributed by atoms with Gasteiger partial charge >= 0.3 is 0 Å². The van der Waals surface area contributed by atoms with E-state index >= 15 is 0 Å². The molecule has 2 atom stereocenters. The maximum atomic E-state index is 5.16. The van der Waals surface area contributed by atoms with E-state index < -0.39 is 0 Å². The first kappa shape index (κ1) is 50.8. The Hall–Kier alpha value is -8.67. The van der Waals surface area contributed by atoms with Crippen LogP contribution in [0.2, 0.25) is 0 Å². The third-order valence-electron chi connectivity index (χ3n) is 14.5. The minimum absolute atomic E-state index is 0.213. The number of rotatable bonds is 6. The monoisotopic (exact) mass is 990 g/mol. The Morgan fingerprint density at radius 2 is 1.05 bits per heavy atom. The van der Waals surface area contributed by atoms with Crippen molar-refractivity contribution >= 4 is 44.2 Å². The smallest absolute Gasteiger partial charge is 0.164 e. The zero-order valence-corrected chi connectivity index (χ0v) is 45.2. The van der Waals surface area contributed by atoms with E-state index in [2.05, 4.69) is 210 Å². The number of para-hydroxylation sites is 1. The number of nitrogens with zero attached hydrogens (tertiary/aromatic N) is 5. The van der Waals surface area contributed by atoms with Gasteiger partial charge in [0.2, 0.25) is 0 Å². The fourth-order valence-corrected chi connectivity index (χ4v) is 11.2. The normalized spacial score (nSPS) is 15.4. The van der Waals surface area contributed by atoms with Gasteiger partial charge in [-0.3, -0.25) is 0 Å². The fraction of sp³-hybridized carbons (Fsp3) is 0.169. The molecule has 0 amide bonds. The summed E-state index contributed by atoms with van der Waals surface area (Å²) in [6.45, 7) is 16.0. The van der Waals surface area contributed by atoms with Gasteiger partial charge in [0.25, 0.3) is 0 Å². The summed E-state index contributed by atoms with van der Waals surface area (Å²) in [4.78, 5) is 17.9. The van der Waals surface area contributed by atoms with Crippen molar-refractivity contribution in [3.8, 4) is 51.0 Å². The highest BCUT2D eigenvalue weighted by molar-refractivity contribution is 6.01. The lowest BCUT2D eigenvalue weighted by Gasteiger charge is -2.31. The molecule has 10 aromatic rings. The van der Waals surface area contributed by atoms with Gasteiger partial charge in [-0.15, -0.1) is 0 Å². The fourth-order valence-electron chi connectivity index (χ4n) is 11.2. The number of anilines is 1. The lowest BCUT2D eigenvalue weighted by Crippen LogP contribution is -2.23. The van der Waals surface area contributed by atoms with Gasteiger partial charge in [0, 0.05) is 50.7 Å². The summed E-state index contributed by atoms with van der Waals surface area (Å²) in [5, 5.41) is 6.21. The van der Waals surface area contributed by atoms with E-state index in [1.165, 1.54) is 66.7 Å². The maximum Gasteiger partial charge on any atom is 0.164 e. The molecule has 3 aliphatic carbocycles. The van der Waals surface area contributed by atoms with Crippen LogP contribution in [0.3, 0.4) is 0 Å². The summed E-state index contributed by atoms with van der Waals surface area (Å²) < 4.78 is 2.52. The van der Waals surface area contributed by atoms with Gasteiger partial charge in [-0.25, -0.2) is 15.0 Å². The van der Waals surface area contributed by atoms with Crippen LogP contribution in [0.25, 0.3) is 89.5 Å². The second kappa shape index (κ2) is 22.8. The first-order valence-electron chi connectivity index (χ1n) is 27.6. The van der Waals surface area contributed by atoms with E-state index in [0.29, 0.717) is 23.4 Å². The zero-order chi connectivity index (χ0) is 52.7. The standard InChI is InChI=1S/C63H43N5.4C2H6/c1-3-14-40(15-4-1)42-26-28-45(29-27-42)62-64-61(44-18-5-2-6-19-44)65-63(66-62)48-31-34-50-47(36-48)21-13-25-55(50)68-56-24-12-11-23-52(56)53-38-54-59(39-58(53)68)67(49-33-30-41-16-7-8-20-46(41)37-49)57-35-32-43-17-9-10-22-51(43)60(54)57;4*1-2/h1-29,31-37,39,41,54H,30,38H2;4*1-2H3. The van der Waals surface area contributed by atoms with Crippen LogP contribution in [0, 0.1) is 5.92 Å². The number of benzene rings is 8. The Kier molecular flexibility index (Phi) is 15.3. The molecule has 2 unspecified atom stereocenters. The Morgan fingerprint density at radius 3 is 1.79 bits per heavy atom. The van der Waals surface area contributed by atoms with Crippen LogP contribution in [0.15, 0.2) is 235 Å². The van der Waals surface area contributed by atoms with Crippen LogP contribution in [0.5, 0.6) is 0 Å². The van der Waals surface area contributed by atoms with Gasteiger partial charge < -0.3 is 9.47 Å². The highest BCUT2D eigenvalue weighted by atomic mass is 15.2. The second-order valence-electron chi connectivity index (χ2n) is 18.3. The van der Waals surface area contributed by atoms with Crippen LogP contribution in [-0.4, -0.2) is 19.5 Å². The predicted octanol–water partition coefficient (Wildman–Crippen LogP) is 19.4. The van der Waals surface area contributed by atoms with Crippen molar-refractivity contribution in [3.05, 3.63) is 252 Å². The van der Waals surface area contributed by atoms with E-state index in [4.69, 9.17) is 15.0 Å². The highest BCUT2D eigenvalue weighted by Gasteiger charge is 2.41. The molecule has 8 aromatic carbocycles. The molecule has 0 bridgehead atoms. The molecule has 2 aromatic heterocycles. The second-order valence-corrected chi connectivity index (χ2v) is 18.3. The van der Waals surface area contributed by atoms with Crippen molar-refractivity contribution in [2.45, 2.75) is 74.1 Å². The number of aromatic nitrogens is 4. The number of hydrogen-bond donors (Lipinski definition) is 0. The van der Waals surface area contributed by atoms with Crippen molar-refractivity contribution in [2.24, 2.45) is 5.92 Å². The number of fused-ring (bicyclic) bond motifs is 10. The van der Waals surface area contributed by atoms with Gasteiger partial charge in [-0.2, -0.15) is 0 Å². The molecule has 0 radical (unpaired) electrons. The van der Waals surface area contributed by atoms with Crippen molar-refractivity contribution in [1.29, 1.82) is 0 Å². The van der Waals surface area contributed by atoms with Crippen molar-refractivity contribution in [3.63, 3.8) is 0 Å². The summed E-state index contributed by atoms with van der Waals surface area (Å²) in [6, 6.07) is 65.1. The molecule has 14 rings (SSSR count). The SMILES string of the molecule is C1=CC2=CC(N3C4=Cc5c(c6ccccc6n5-c5cccc6cc(-c7nc(-c8ccccc8)nc(-c8ccc(-c9ccccc9)cc8)n7)ccc56)CC4c4c3ccc3ccccc43)=CCC2C=C1.CC.CC.CC.CC. The number of allylic oxidation sites excluding steroid dienone is 8. The molecule has 0 fully saturated rings. The van der Waals surface area contributed by atoms with Gasteiger partial charge in [0.1, 0.15) is 0 Å². The lowest BCUT2D eigenvalue weighted by molar-refractivity contribution is 0.758. The van der Waals surface area contributed by atoms with Crippen LogP contribution < -0.4 is 4.90 Å². The maximum absolute atomic E-state index is 5.16. The highest BCUT2D eigenvalue weighted by Crippen LogP contribution is 2.55. The summed E-state index contributed by atoms with van der Waals surface area (Å²) >= 11 is 0. The van der Waals surface area contributed by atoms with Crippen LogP contribution in [-0.2, 0) is 6.42 Å². The molecule has 76 heavy (non-hydrogen) atoms. The van der Waals surface area contributed by atoms with Crippen LogP contribution in [0.1, 0.15) is 84.5 Å². The molecule has 3 heterocycles. The van der Waals surface area contributed by atoms with Gasteiger partial charge in [0.15, 0.2) is 17.5 Å². The molecule has 1 aliphatic heterocycles. The molecule has 5 heteroatoms. The van der Waals surface area contributed by atoms with Crippen LogP contribution in [0.4, 0.5) is 5.69 Å². The van der Waals surface area contributed by atoms with E-state index in [-0.39, 0.29) is 5.92 Å². The quantitative estimate of drug-likeness (QED) is 0.167. The summed E-state index contributed by atoms with van der Waals surface area (Å²) in [5.74, 6) is 2.56. The van der Waals surface area contributed by atoms with Gasteiger partial charge in [-0.05, 0) is 93.2 Å².